The first-order valence-electron chi connectivity index (χ1n) is 10.8. The summed E-state index contributed by atoms with van der Waals surface area (Å²) in [6.07, 6.45) is 7.59. The van der Waals surface area contributed by atoms with Crippen molar-refractivity contribution in [1.29, 1.82) is 0 Å². The molecule has 0 saturated carbocycles. The smallest absolute Gasteiger partial charge is 0.194 e. The van der Waals surface area contributed by atoms with E-state index in [0.29, 0.717) is 5.82 Å². The van der Waals surface area contributed by atoms with Gasteiger partial charge in [-0.05, 0) is 11.6 Å². The minimum absolute atomic E-state index is 0.0905. The molecule has 0 amide bonds. The Hall–Kier alpha value is -3.78. The van der Waals surface area contributed by atoms with Crippen LogP contribution in [-0.2, 0) is 4.74 Å². The van der Waals surface area contributed by atoms with Gasteiger partial charge in [-0.1, -0.05) is 30.3 Å². The van der Waals surface area contributed by atoms with Crippen LogP contribution in [-0.4, -0.2) is 58.6 Å². The van der Waals surface area contributed by atoms with Crippen LogP contribution in [0.4, 0.5) is 5.69 Å². The van der Waals surface area contributed by atoms with Gasteiger partial charge in [0.15, 0.2) is 11.7 Å². The van der Waals surface area contributed by atoms with E-state index in [4.69, 9.17) is 9.73 Å². The van der Waals surface area contributed by atoms with Gasteiger partial charge in [0, 0.05) is 54.7 Å². The molecule has 1 aromatic carbocycles. The molecule has 0 unspecified atom stereocenters. The zero-order valence-electron chi connectivity index (χ0n) is 17.5. The number of aromatic nitrogens is 4. The molecule has 2 aliphatic heterocycles. The molecule has 8 heteroatoms. The van der Waals surface area contributed by atoms with Gasteiger partial charge in [0.2, 0.25) is 0 Å². The molecule has 32 heavy (non-hydrogen) atoms. The van der Waals surface area contributed by atoms with Crippen molar-refractivity contribution >= 4 is 22.6 Å². The van der Waals surface area contributed by atoms with Gasteiger partial charge >= 0.3 is 0 Å². The van der Waals surface area contributed by atoms with E-state index in [1.165, 1.54) is 5.56 Å². The lowest BCUT2D eigenvalue weighted by atomic mass is 10.1. The van der Waals surface area contributed by atoms with Crippen LogP contribution in [0.1, 0.15) is 17.4 Å². The van der Waals surface area contributed by atoms with E-state index in [1.807, 2.05) is 43.0 Å². The highest BCUT2D eigenvalue weighted by Gasteiger charge is 2.21. The van der Waals surface area contributed by atoms with Crippen molar-refractivity contribution < 1.29 is 4.74 Å². The summed E-state index contributed by atoms with van der Waals surface area (Å²) in [6, 6.07) is 12.6. The minimum Gasteiger partial charge on any atom is -0.378 e. The fraction of sp³-hybridized carbons (Fsp3) is 0.250. The van der Waals surface area contributed by atoms with Crippen molar-refractivity contribution in [2.75, 3.05) is 37.7 Å². The number of nitrogens with one attached hydrogen (secondary N) is 2. The van der Waals surface area contributed by atoms with Gasteiger partial charge in [-0.3, -0.25) is 4.99 Å². The Morgan fingerprint density at radius 1 is 0.969 bits per heavy atom. The molecule has 2 N–H and O–H groups in total. The topological polar surface area (TPSA) is 91.3 Å². The van der Waals surface area contributed by atoms with E-state index in [0.717, 1.165) is 66.5 Å². The third kappa shape index (κ3) is 3.48. The van der Waals surface area contributed by atoms with Gasteiger partial charge in [0.05, 0.1) is 31.1 Å². The van der Waals surface area contributed by atoms with E-state index in [1.54, 1.807) is 0 Å². The van der Waals surface area contributed by atoms with Crippen molar-refractivity contribution in [3.8, 4) is 11.1 Å². The van der Waals surface area contributed by atoms with Crippen LogP contribution in [0.25, 0.3) is 22.2 Å². The number of H-pyrrole nitrogens is 1. The fourth-order valence-electron chi connectivity index (χ4n) is 4.26. The molecule has 0 spiro atoms. The number of amidine groups is 1. The highest BCUT2D eigenvalue weighted by atomic mass is 16.5. The maximum Gasteiger partial charge on any atom is 0.194 e. The van der Waals surface area contributed by atoms with Crippen molar-refractivity contribution in [3.63, 3.8) is 0 Å². The Balaban J connectivity index is 1.27. The molecular weight excluding hydrogens is 402 g/mol. The van der Waals surface area contributed by atoms with Crippen LogP contribution < -0.4 is 10.2 Å². The van der Waals surface area contributed by atoms with E-state index < -0.39 is 0 Å². The Bertz CT molecular complexity index is 1260. The summed E-state index contributed by atoms with van der Waals surface area (Å²) in [5.41, 5.74) is 5.13. The highest BCUT2D eigenvalue weighted by Crippen LogP contribution is 2.30. The van der Waals surface area contributed by atoms with Crippen molar-refractivity contribution in [1.82, 2.24) is 25.3 Å². The predicted octanol–water partition coefficient (Wildman–Crippen LogP) is 2.95. The van der Waals surface area contributed by atoms with Crippen LogP contribution in [0, 0.1) is 0 Å². The first-order chi connectivity index (χ1) is 15.8. The van der Waals surface area contributed by atoms with Crippen LogP contribution in [0.2, 0.25) is 0 Å². The number of rotatable bonds is 4. The molecule has 2 aliphatic rings. The fourth-order valence-corrected chi connectivity index (χ4v) is 4.26. The highest BCUT2D eigenvalue weighted by molar-refractivity contribution is 5.98. The summed E-state index contributed by atoms with van der Waals surface area (Å²) in [4.78, 5) is 24.2. The summed E-state index contributed by atoms with van der Waals surface area (Å²) in [5.74, 6) is 1.35. The predicted molar refractivity (Wildman–Crippen MR) is 124 cm³/mol. The third-order valence-corrected chi connectivity index (χ3v) is 6.00. The Labute approximate surface area is 185 Å². The Morgan fingerprint density at radius 3 is 2.59 bits per heavy atom. The first-order valence-corrected chi connectivity index (χ1v) is 10.8. The molecule has 8 nitrogen and oxygen atoms in total. The molecule has 5 heterocycles. The Morgan fingerprint density at radius 2 is 1.78 bits per heavy atom. The second-order valence-corrected chi connectivity index (χ2v) is 7.97. The third-order valence-electron chi connectivity index (χ3n) is 6.00. The van der Waals surface area contributed by atoms with Crippen LogP contribution in [0.15, 0.2) is 66.2 Å². The van der Waals surface area contributed by atoms with Gasteiger partial charge in [0.25, 0.3) is 0 Å². The zero-order chi connectivity index (χ0) is 21.3. The van der Waals surface area contributed by atoms with Gasteiger partial charge in [-0.2, -0.15) is 0 Å². The molecule has 0 bridgehead atoms. The van der Waals surface area contributed by atoms with Gasteiger partial charge in [0.1, 0.15) is 5.65 Å². The number of pyridine rings is 1. The largest absolute Gasteiger partial charge is 0.378 e. The number of anilines is 1. The molecule has 1 atom stereocenters. The minimum atomic E-state index is 0.0905. The van der Waals surface area contributed by atoms with Crippen LogP contribution in [0.3, 0.4) is 0 Å². The summed E-state index contributed by atoms with van der Waals surface area (Å²) in [7, 11) is 0. The first kappa shape index (κ1) is 18.9. The number of morpholine rings is 1. The average Bonchev–Trinajstić information content (AvgIpc) is 3.53. The SMILES string of the molecule is c1ccc([C@H]2CNC(c3ncc(-c4c[nH]c5ncc(N6CCOCC6)cc45)cn3)=N2)cc1. The molecule has 4 aromatic rings. The number of nitrogens with zero attached hydrogens (tertiary/aromatic N) is 5. The molecule has 1 saturated heterocycles. The molecular formula is C24H23N7O. The maximum absolute atomic E-state index is 5.47. The second-order valence-electron chi connectivity index (χ2n) is 7.97. The lowest BCUT2D eigenvalue weighted by molar-refractivity contribution is 0.122. The molecule has 0 aliphatic carbocycles. The normalized spacial score (nSPS) is 18.6. The summed E-state index contributed by atoms with van der Waals surface area (Å²) < 4.78 is 5.47. The lowest BCUT2D eigenvalue weighted by Gasteiger charge is -2.28. The van der Waals surface area contributed by atoms with Crippen molar-refractivity contribution in [2.24, 2.45) is 4.99 Å². The zero-order valence-corrected chi connectivity index (χ0v) is 17.5. The summed E-state index contributed by atoms with van der Waals surface area (Å²) >= 11 is 0. The van der Waals surface area contributed by atoms with E-state index >= 15 is 0 Å². The number of ether oxygens (including phenoxy) is 1. The maximum atomic E-state index is 5.47. The van der Waals surface area contributed by atoms with Gasteiger partial charge in [-0.25, -0.2) is 15.0 Å². The van der Waals surface area contributed by atoms with Crippen molar-refractivity contribution in [3.05, 3.63) is 72.6 Å². The number of hydrogen-bond donors (Lipinski definition) is 2. The molecule has 3 aromatic heterocycles. The number of aliphatic imine (C=N–C) groups is 1. The quantitative estimate of drug-likeness (QED) is 0.522. The van der Waals surface area contributed by atoms with E-state index in [2.05, 4.69) is 48.4 Å². The van der Waals surface area contributed by atoms with Crippen LogP contribution in [0.5, 0.6) is 0 Å². The standard InChI is InChI=1S/C24H23N7O/c1-2-4-16(5-3-1)21-15-29-24(30-21)23-25-11-17(12-26-23)20-14-28-22-19(20)10-18(13-27-22)31-6-8-32-9-7-31/h1-5,10-14,21H,6-9,15H2,(H,27,28)(H,29,30)/t21-/m1/s1. The van der Waals surface area contributed by atoms with E-state index in [9.17, 15) is 0 Å². The van der Waals surface area contributed by atoms with Gasteiger partial charge < -0.3 is 19.9 Å². The summed E-state index contributed by atoms with van der Waals surface area (Å²) in [5, 5.41) is 4.40. The molecule has 0 radical (unpaired) electrons. The molecule has 6 rings (SSSR count). The number of benzene rings is 1. The molecule has 160 valence electrons. The number of fused-ring (bicyclic) bond motifs is 1. The summed E-state index contributed by atoms with van der Waals surface area (Å²) in [6.45, 7) is 4.00. The Kier molecular flexibility index (Phi) is 4.77. The molecule has 1 fully saturated rings. The van der Waals surface area contributed by atoms with Gasteiger partial charge in [-0.15, -0.1) is 0 Å². The van der Waals surface area contributed by atoms with Crippen molar-refractivity contribution in [2.45, 2.75) is 6.04 Å². The number of hydrogen-bond acceptors (Lipinski definition) is 7. The monoisotopic (exact) mass is 425 g/mol. The lowest BCUT2D eigenvalue weighted by Crippen LogP contribution is -2.36. The average molecular weight is 425 g/mol. The second kappa shape index (κ2) is 8.05. The van der Waals surface area contributed by atoms with E-state index in [-0.39, 0.29) is 6.04 Å². The number of aromatic amines is 1. The van der Waals surface area contributed by atoms with Crippen LogP contribution >= 0.6 is 0 Å².